The van der Waals surface area contributed by atoms with E-state index in [4.69, 9.17) is 4.74 Å². The highest BCUT2D eigenvalue weighted by Crippen LogP contribution is 2.27. The number of carbonyl (C=O) groups excluding carboxylic acids is 1. The average molecular weight is 435 g/mol. The fourth-order valence-electron chi connectivity index (χ4n) is 3.69. The maximum Gasteiger partial charge on any atom is 0.243 e. The normalized spacial score (nSPS) is 17.5. The number of hydrogen-bond donors (Lipinski definition) is 1. The van der Waals surface area contributed by atoms with Crippen LogP contribution in [0.25, 0.3) is 0 Å². The van der Waals surface area contributed by atoms with Crippen molar-refractivity contribution in [3.05, 3.63) is 53.8 Å². The molecule has 8 heteroatoms. The minimum atomic E-state index is -3.66. The van der Waals surface area contributed by atoms with Gasteiger partial charge in [0.05, 0.1) is 12.0 Å². The van der Waals surface area contributed by atoms with Crippen LogP contribution in [0.4, 0.5) is 10.1 Å². The van der Waals surface area contributed by atoms with E-state index in [0.717, 1.165) is 42.0 Å². The fourth-order valence-corrected chi connectivity index (χ4v) is 5.24. The van der Waals surface area contributed by atoms with Crippen molar-refractivity contribution in [1.82, 2.24) is 4.31 Å². The minimum Gasteiger partial charge on any atom is -0.497 e. The van der Waals surface area contributed by atoms with E-state index in [0.29, 0.717) is 25.9 Å². The minimum absolute atomic E-state index is 0.0947. The highest BCUT2D eigenvalue weighted by Gasteiger charge is 2.30. The number of anilines is 1. The monoisotopic (exact) mass is 434 g/mol. The van der Waals surface area contributed by atoms with Crippen LogP contribution in [0.5, 0.6) is 5.75 Å². The van der Waals surface area contributed by atoms with Crippen LogP contribution in [-0.2, 0) is 14.8 Å². The molecule has 1 N–H and O–H groups in total. The van der Waals surface area contributed by atoms with E-state index in [9.17, 15) is 17.6 Å². The molecular weight excluding hydrogens is 407 g/mol. The Bertz CT molecular complexity index is 993. The van der Waals surface area contributed by atoms with Gasteiger partial charge in [-0.05, 0) is 80.1 Å². The summed E-state index contributed by atoms with van der Waals surface area (Å²) < 4.78 is 45.4. The average Bonchev–Trinajstić information content (AvgIpc) is 2.74. The second kappa shape index (κ2) is 9.57. The molecule has 30 heavy (non-hydrogen) atoms. The second-order valence-corrected chi connectivity index (χ2v) is 9.53. The lowest BCUT2D eigenvalue weighted by Gasteiger charge is -2.32. The molecule has 1 aliphatic rings. The molecule has 3 rings (SSSR count). The first-order valence-electron chi connectivity index (χ1n) is 10.00. The van der Waals surface area contributed by atoms with Gasteiger partial charge in [-0.25, -0.2) is 12.8 Å². The van der Waals surface area contributed by atoms with Crippen LogP contribution in [0, 0.1) is 18.7 Å². The number of nitrogens with zero attached hydrogens (tertiary/aromatic N) is 1. The Labute approximate surface area is 177 Å². The van der Waals surface area contributed by atoms with Crippen LogP contribution in [0.3, 0.4) is 0 Å². The predicted octanol–water partition coefficient (Wildman–Crippen LogP) is 3.96. The Kier molecular flexibility index (Phi) is 7.10. The number of ether oxygens (including phenoxy) is 1. The quantitative estimate of drug-likeness (QED) is 0.716. The summed E-state index contributed by atoms with van der Waals surface area (Å²) in [5, 5.41) is 2.91. The summed E-state index contributed by atoms with van der Waals surface area (Å²) in [6, 6.07) is 10.3. The number of halogens is 1. The van der Waals surface area contributed by atoms with Crippen molar-refractivity contribution < 1.29 is 22.3 Å². The van der Waals surface area contributed by atoms with Crippen molar-refractivity contribution in [2.75, 3.05) is 25.5 Å². The largest absolute Gasteiger partial charge is 0.497 e. The van der Waals surface area contributed by atoms with Gasteiger partial charge in [-0.1, -0.05) is 0 Å². The standard InChI is InChI=1S/C22H27FN2O4S/c1-16-14-19(29-2)8-11-21(16)24-22(26)12-5-17-4-3-13-25(15-17)30(27,28)20-9-6-18(23)7-10-20/h6-11,14,17H,3-5,12-13,15H2,1-2H3,(H,24,26). The molecule has 1 atom stereocenters. The zero-order valence-electron chi connectivity index (χ0n) is 17.2. The molecule has 162 valence electrons. The Morgan fingerprint density at radius 3 is 2.63 bits per heavy atom. The number of rotatable bonds is 7. The lowest BCUT2D eigenvalue weighted by molar-refractivity contribution is -0.116. The van der Waals surface area contributed by atoms with Crippen LogP contribution >= 0.6 is 0 Å². The van der Waals surface area contributed by atoms with E-state index in [-0.39, 0.29) is 16.7 Å². The predicted molar refractivity (Wildman–Crippen MR) is 113 cm³/mol. The van der Waals surface area contributed by atoms with Gasteiger partial charge in [0.2, 0.25) is 15.9 Å². The van der Waals surface area contributed by atoms with Gasteiger partial charge in [-0.15, -0.1) is 0 Å². The zero-order valence-corrected chi connectivity index (χ0v) is 18.0. The van der Waals surface area contributed by atoms with E-state index < -0.39 is 15.8 Å². The van der Waals surface area contributed by atoms with Crippen LogP contribution in [0.1, 0.15) is 31.2 Å². The third-order valence-corrected chi connectivity index (χ3v) is 7.30. The molecule has 6 nitrogen and oxygen atoms in total. The van der Waals surface area contributed by atoms with Crippen LogP contribution in [0.15, 0.2) is 47.4 Å². The van der Waals surface area contributed by atoms with Gasteiger partial charge in [0.15, 0.2) is 0 Å². The SMILES string of the molecule is COc1ccc(NC(=O)CCC2CCCN(S(=O)(=O)c3ccc(F)cc3)C2)c(C)c1. The number of piperidine rings is 1. The van der Waals surface area contributed by atoms with Gasteiger partial charge in [0, 0.05) is 25.2 Å². The summed E-state index contributed by atoms with van der Waals surface area (Å²) in [7, 11) is -2.06. The highest BCUT2D eigenvalue weighted by atomic mass is 32.2. The van der Waals surface area contributed by atoms with Gasteiger partial charge in [0.1, 0.15) is 11.6 Å². The smallest absolute Gasteiger partial charge is 0.243 e. The number of sulfonamides is 1. The Morgan fingerprint density at radius 2 is 1.97 bits per heavy atom. The number of aryl methyl sites for hydroxylation is 1. The highest BCUT2D eigenvalue weighted by molar-refractivity contribution is 7.89. The number of benzene rings is 2. The number of carbonyl (C=O) groups is 1. The van der Waals surface area contributed by atoms with Crippen LogP contribution < -0.4 is 10.1 Å². The van der Waals surface area contributed by atoms with E-state index in [1.54, 1.807) is 13.2 Å². The molecule has 1 unspecified atom stereocenters. The molecule has 0 aliphatic carbocycles. The van der Waals surface area contributed by atoms with Crippen molar-refractivity contribution in [3.63, 3.8) is 0 Å². The first-order valence-corrected chi connectivity index (χ1v) is 11.4. The maximum absolute atomic E-state index is 13.1. The lowest BCUT2D eigenvalue weighted by atomic mass is 9.94. The van der Waals surface area contributed by atoms with Crippen molar-refractivity contribution in [2.24, 2.45) is 5.92 Å². The molecule has 0 bridgehead atoms. The second-order valence-electron chi connectivity index (χ2n) is 7.59. The maximum atomic E-state index is 13.1. The lowest BCUT2D eigenvalue weighted by Crippen LogP contribution is -2.40. The molecule has 1 amide bonds. The molecule has 1 aliphatic heterocycles. The number of amides is 1. The Morgan fingerprint density at radius 1 is 1.23 bits per heavy atom. The molecule has 2 aromatic rings. The van der Waals surface area contributed by atoms with Gasteiger partial charge >= 0.3 is 0 Å². The Balaban J connectivity index is 1.56. The third kappa shape index (κ3) is 5.37. The zero-order chi connectivity index (χ0) is 21.7. The molecule has 1 saturated heterocycles. The van der Waals surface area contributed by atoms with Gasteiger partial charge in [0.25, 0.3) is 0 Å². The van der Waals surface area contributed by atoms with Crippen molar-refractivity contribution in [1.29, 1.82) is 0 Å². The summed E-state index contributed by atoms with van der Waals surface area (Å²) in [5.74, 6) is 0.275. The molecule has 2 aromatic carbocycles. The molecule has 1 heterocycles. The van der Waals surface area contributed by atoms with Crippen molar-refractivity contribution >= 4 is 21.6 Å². The van der Waals surface area contributed by atoms with Crippen LogP contribution in [-0.4, -0.2) is 38.8 Å². The van der Waals surface area contributed by atoms with E-state index in [1.807, 2.05) is 19.1 Å². The fraction of sp³-hybridized carbons (Fsp3) is 0.409. The van der Waals surface area contributed by atoms with Gasteiger partial charge in [-0.2, -0.15) is 4.31 Å². The summed E-state index contributed by atoms with van der Waals surface area (Å²) in [6.45, 7) is 2.71. The molecule has 0 spiro atoms. The summed E-state index contributed by atoms with van der Waals surface area (Å²) in [5.41, 5.74) is 1.65. The summed E-state index contributed by atoms with van der Waals surface area (Å²) in [4.78, 5) is 12.5. The van der Waals surface area contributed by atoms with E-state index in [2.05, 4.69) is 5.32 Å². The summed E-state index contributed by atoms with van der Waals surface area (Å²) in [6.07, 6.45) is 2.55. The molecular formula is C22H27FN2O4S. The molecule has 0 radical (unpaired) electrons. The topological polar surface area (TPSA) is 75.7 Å². The van der Waals surface area contributed by atoms with Crippen LogP contribution in [0.2, 0.25) is 0 Å². The first-order chi connectivity index (χ1) is 14.3. The number of nitrogens with one attached hydrogen (secondary N) is 1. The van der Waals surface area contributed by atoms with E-state index in [1.165, 1.54) is 16.4 Å². The first kappa shape index (κ1) is 22.2. The summed E-state index contributed by atoms with van der Waals surface area (Å²) >= 11 is 0. The van der Waals surface area contributed by atoms with Crippen molar-refractivity contribution in [2.45, 2.75) is 37.5 Å². The van der Waals surface area contributed by atoms with Gasteiger partial charge < -0.3 is 10.1 Å². The Hall–Kier alpha value is -2.45. The number of methoxy groups -OCH3 is 1. The molecule has 0 aromatic heterocycles. The van der Waals surface area contributed by atoms with Crippen molar-refractivity contribution in [3.8, 4) is 5.75 Å². The number of hydrogen-bond acceptors (Lipinski definition) is 4. The molecule has 1 fully saturated rings. The molecule has 0 saturated carbocycles. The van der Waals surface area contributed by atoms with Gasteiger partial charge in [-0.3, -0.25) is 4.79 Å². The van der Waals surface area contributed by atoms with E-state index >= 15 is 0 Å². The third-order valence-electron chi connectivity index (χ3n) is 5.42.